The summed E-state index contributed by atoms with van der Waals surface area (Å²) in [6.07, 6.45) is 14.3. The van der Waals surface area contributed by atoms with Crippen molar-refractivity contribution in [3.63, 3.8) is 0 Å². The highest BCUT2D eigenvalue weighted by Gasteiger charge is 2.21. The van der Waals surface area contributed by atoms with E-state index < -0.39 is 0 Å². The Morgan fingerprint density at radius 2 is 2.12 bits per heavy atom. The molecule has 176 valence electrons. The molecule has 1 aromatic heterocycles. The Kier molecular flexibility index (Phi) is 7.66. The predicted molar refractivity (Wildman–Crippen MR) is 126 cm³/mol. The highest BCUT2D eigenvalue weighted by molar-refractivity contribution is 6.32. The largest absolute Gasteiger partial charge is 0.498 e. The van der Waals surface area contributed by atoms with E-state index in [-0.39, 0.29) is 24.5 Å². The number of allylic oxidation sites excluding steroid dienone is 2. The third kappa shape index (κ3) is 5.67. The van der Waals surface area contributed by atoms with Crippen molar-refractivity contribution in [2.75, 3.05) is 20.3 Å². The molecule has 34 heavy (non-hydrogen) atoms. The quantitative estimate of drug-likeness (QED) is 0.621. The lowest BCUT2D eigenvalue weighted by molar-refractivity contribution is -0.121. The first-order valence-electron chi connectivity index (χ1n) is 10.8. The molecule has 0 aromatic carbocycles. The molecule has 9 nitrogen and oxygen atoms in total. The van der Waals surface area contributed by atoms with Gasteiger partial charge in [0.1, 0.15) is 17.8 Å². The van der Waals surface area contributed by atoms with E-state index >= 15 is 0 Å². The highest BCUT2D eigenvalue weighted by Crippen LogP contribution is 2.32. The summed E-state index contributed by atoms with van der Waals surface area (Å²) in [4.78, 5) is 37.7. The van der Waals surface area contributed by atoms with E-state index in [9.17, 15) is 9.59 Å². The topological polar surface area (TPSA) is 115 Å². The highest BCUT2D eigenvalue weighted by atomic mass is 35.5. The lowest BCUT2D eigenvalue weighted by atomic mass is 10.0. The van der Waals surface area contributed by atoms with Crippen molar-refractivity contribution in [3.05, 3.63) is 75.3 Å². The molecule has 1 aliphatic heterocycles. The van der Waals surface area contributed by atoms with Gasteiger partial charge in [-0.05, 0) is 24.6 Å². The maximum absolute atomic E-state index is 12.3. The van der Waals surface area contributed by atoms with Gasteiger partial charge in [0.05, 0.1) is 18.9 Å². The van der Waals surface area contributed by atoms with E-state index in [0.717, 1.165) is 0 Å². The number of nitrogens with one attached hydrogen (secondary N) is 2. The Labute approximate surface area is 201 Å². The Bertz CT molecular complexity index is 1260. The molecule has 2 amide bonds. The molecule has 2 bridgehead atoms. The van der Waals surface area contributed by atoms with E-state index in [1.807, 2.05) is 18.2 Å². The predicted octanol–water partition coefficient (Wildman–Crippen LogP) is 1.14. The number of hydrogen-bond acceptors (Lipinski definition) is 7. The third-order valence-electron chi connectivity index (χ3n) is 5.28. The second-order valence-corrected chi connectivity index (χ2v) is 7.99. The lowest BCUT2D eigenvalue weighted by Gasteiger charge is -2.18. The molecule has 1 unspecified atom stereocenters. The molecule has 0 radical (unpaired) electrons. The van der Waals surface area contributed by atoms with Gasteiger partial charge in [0.25, 0.3) is 0 Å². The summed E-state index contributed by atoms with van der Waals surface area (Å²) in [5.74, 6) is 0.0976. The van der Waals surface area contributed by atoms with E-state index in [1.165, 1.54) is 18.6 Å². The number of hydrogen-bond donors (Lipinski definition) is 2. The van der Waals surface area contributed by atoms with Crippen LogP contribution in [0.1, 0.15) is 25.0 Å². The average molecular weight is 482 g/mol. The normalized spacial score (nSPS) is 21.3. The summed E-state index contributed by atoms with van der Waals surface area (Å²) in [5, 5.41) is 6.57. The van der Waals surface area contributed by atoms with Gasteiger partial charge in [-0.3, -0.25) is 9.59 Å². The minimum absolute atomic E-state index is 0.113. The van der Waals surface area contributed by atoms with Crippen molar-refractivity contribution in [2.45, 2.75) is 25.4 Å². The zero-order valence-electron chi connectivity index (χ0n) is 18.6. The number of carbonyl (C=O) groups excluding carboxylic acids is 2. The van der Waals surface area contributed by atoms with E-state index in [0.29, 0.717) is 64.3 Å². The number of methoxy groups -OCH3 is 1. The van der Waals surface area contributed by atoms with Crippen LogP contribution in [-0.2, 0) is 19.1 Å². The fourth-order valence-electron chi connectivity index (χ4n) is 3.56. The monoisotopic (exact) mass is 481 g/mol. The molecule has 4 rings (SSSR count). The lowest BCUT2D eigenvalue weighted by Crippen LogP contribution is -2.36. The molecule has 3 aliphatic rings. The second-order valence-electron chi connectivity index (χ2n) is 7.58. The average Bonchev–Trinajstić information content (AvgIpc) is 2.84. The molecule has 2 N–H and O–H groups in total. The standard InChI is InChI=1S/C24H24ClN5O4/c1-33-20-9-7-18(25)17-13-27-22(32)4-2-10-26-21(31)5-3-11-34-15-6-8-19-16(12-15)24(29-14-28-19)30-23(17)20/h2,4,6-8,12-15H,3,5,9-11H2,1H3,(H,26,31)(H,27,32). The molecule has 0 spiro atoms. The summed E-state index contributed by atoms with van der Waals surface area (Å²) in [6.45, 7) is 0.646. The van der Waals surface area contributed by atoms with Gasteiger partial charge in [0, 0.05) is 54.1 Å². The number of halogens is 1. The van der Waals surface area contributed by atoms with Crippen LogP contribution in [0.15, 0.2) is 63.9 Å². The molecular weight excluding hydrogens is 458 g/mol. The van der Waals surface area contributed by atoms with Gasteiger partial charge in [-0.1, -0.05) is 23.8 Å². The van der Waals surface area contributed by atoms with Crippen molar-refractivity contribution in [2.24, 2.45) is 4.99 Å². The van der Waals surface area contributed by atoms with Gasteiger partial charge < -0.3 is 20.1 Å². The molecule has 2 heterocycles. The second kappa shape index (κ2) is 11.0. The first-order chi connectivity index (χ1) is 16.5. The maximum Gasteiger partial charge on any atom is 0.247 e. The smallest absolute Gasteiger partial charge is 0.247 e. The number of fused-ring (bicyclic) bond motifs is 2. The van der Waals surface area contributed by atoms with Crippen LogP contribution in [0.4, 0.5) is 0 Å². The Hall–Kier alpha value is -3.56. The summed E-state index contributed by atoms with van der Waals surface area (Å²) in [7, 11) is 1.56. The van der Waals surface area contributed by atoms with Crippen LogP contribution in [0.3, 0.4) is 0 Å². The van der Waals surface area contributed by atoms with Crippen molar-refractivity contribution in [3.8, 4) is 0 Å². The van der Waals surface area contributed by atoms with Crippen molar-refractivity contribution >= 4 is 35.6 Å². The van der Waals surface area contributed by atoms with Crippen molar-refractivity contribution in [1.29, 1.82) is 0 Å². The Balaban J connectivity index is 1.81. The minimum atomic E-state index is -0.373. The molecule has 1 atom stereocenters. The van der Waals surface area contributed by atoms with Crippen LogP contribution in [-0.4, -0.2) is 48.1 Å². The molecular formula is C24H24ClN5O4. The number of rotatable bonds is 1. The molecule has 0 saturated heterocycles. The van der Waals surface area contributed by atoms with Crippen LogP contribution in [0.5, 0.6) is 0 Å². The first-order valence-corrected chi connectivity index (χ1v) is 11.2. The zero-order chi connectivity index (χ0) is 23.9. The fraction of sp³-hybridized carbons (Fsp3) is 0.292. The van der Waals surface area contributed by atoms with Crippen LogP contribution in [0, 0.1) is 0 Å². The Morgan fingerprint density at radius 1 is 1.24 bits per heavy atom. The van der Waals surface area contributed by atoms with Crippen LogP contribution >= 0.6 is 11.6 Å². The number of aromatic nitrogens is 2. The van der Waals surface area contributed by atoms with E-state index in [1.54, 1.807) is 19.3 Å². The number of carbonyl (C=O) groups is 2. The first kappa shape index (κ1) is 23.6. The van der Waals surface area contributed by atoms with Crippen LogP contribution in [0.2, 0.25) is 0 Å². The van der Waals surface area contributed by atoms with Crippen molar-refractivity contribution in [1.82, 2.24) is 20.6 Å². The molecule has 0 saturated carbocycles. The van der Waals surface area contributed by atoms with Gasteiger partial charge in [-0.25, -0.2) is 15.0 Å². The van der Waals surface area contributed by atoms with Crippen LogP contribution < -0.4 is 21.3 Å². The molecule has 2 aliphatic carbocycles. The zero-order valence-corrected chi connectivity index (χ0v) is 19.3. The van der Waals surface area contributed by atoms with E-state index in [2.05, 4.69) is 20.6 Å². The van der Waals surface area contributed by atoms with Gasteiger partial charge in [0.15, 0.2) is 5.49 Å². The van der Waals surface area contributed by atoms with Crippen molar-refractivity contribution < 1.29 is 19.1 Å². The molecule has 0 fully saturated rings. The third-order valence-corrected chi connectivity index (χ3v) is 5.64. The number of nitrogens with zero attached hydrogens (tertiary/aromatic N) is 3. The summed E-state index contributed by atoms with van der Waals surface area (Å²) >= 11 is 6.48. The summed E-state index contributed by atoms with van der Waals surface area (Å²) in [5.41, 5.74) is 2.09. The summed E-state index contributed by atoms with van der Waals surface area (Å²) < 4.78 is 11.5. The molecule has 1 aromatic rings. The van der Waals surface area contributed by atoms with Gasteiger partial charge in [-0.15, -0.1) is 0 Å². The van der Waals surface area contributed by atoms with Crippen LogP contribution in [0.25, 0.3) is 12.2 Å². The number of amides is 2. The fourth-order valence-corrected chi connectivity index (χ4v) is 3.78. The SMILES string of the molecule is COC1=C2N=c3ncnc4c3=CC(C=C4)OCCCC(=O)NCC=CC(=O)NC=C2C(Cl)=CC1. The summed E-state index contributed by atoms with van der Waals surface area (Å²) in [6, 6.07) is 0. The Morgan fingerprint density at radius 3 is 2.97 bits per heavy atom. The van der Waals surface area contributed by atoms with Gasteiger partial charge in [-0.2, -0.15) is 0 Å². The van der Waals surface area contributed by atoms with E-state index in [4.69, 9.17) is 26.1 Å². The van der Waals surface area contributed by atoms with Gasteiger partial charge >= 0.3 is 0 Å². The minimum Gasteiger partial charge on any atom is -0.498 e. The number of ether oxygens (including phenoxy) is 2. The maximum atomic E-state index is 12.3. The van der Waals surface area contributed by atoms with Gasteiger partial charge in [0.2, 0.25) is 11.8 Å². The molecule has 10 heteroatoms.